The smallest absolute Gasteiger partial charge is 0.262 e. The summed E-state index contributed by atoms with van der Waals surface area (Å²) < 4.78 is 1.49. The molecule has 0 spiro atoms. The lowest BCUT2D eigenvalue weighted by Crippen LogP contribution is -2.35. The number of hydrogen-bond donors (Lipinski definition) is 2. The van der Waals surface area contributed by atoms with Crippen LogP contribution in [0.5, 0.6) is 0 Å². The van der Waals surface area contributed by atoms with Gasteiger partial charge in [0.15, 0.2) is 0 Å². The molecule has 0 bridgehead atoms. The van der Waals surface area contributed by atoms with Crippen LogP contribution in [0.1, 0.15) is 17.4 Å². The van der Waals surface area contributed by atoms with Gasteiger partial charge in [-0.2, -0.15) is 0 Å². The van der Waals surface area contributed by atoms with E-state index in [0.717, 1.165) is 20.8 Å². The maximum Gasteiger partial charge on any atom is 0.262 e. The third kappa shape index (κ3) is 3.75. The zero-order valence-electron chi connectivity index (χ0n) is 16.7. The highest BCUT2D eigenvalue weighted by Gasteiger charge is 2.14. The number of aromatic nitrogens is 4. The van der Waals surface area contributed by atoms with Gasteiger partial charge in [0.1, 0.15) is 16.2 Å². The van der Waals surface area contributed by atoms with Crippen LogP contribution in [0.25, 0.3) is 21.1 Å². The van der Waals surface area contributed by atoms with Gasteiger partial charge >= 0.3 is 0 Å². The fourth-order valence-electron chi connectivity index (χ4n) is 3.11. The topological polar surface area (TPSA) is 102 Å². The second kappa shape index (κ2) is 8.41. The lowest BCUT2D eigenvalue weighted by Gasteiger charge is -2.14. The SMILES string of the molecule is CCn1c(NNC(=O)CSc2ncnc3sc(C)c(C)c23)nc2ccccc2c1=O. The number of para-hydroxylation sites is 1. The van der Waals surface area contributed by atoms with Crippen molar-refractivity contribution in [2.24, 2.45) is 0 Å². The predicted molar refractivity (Wildman–Crippen MR) is 121 cm³/mol. The quantitative estimate of drug-likeness (QED) is 0.269. The van der Waals surface area contributed by atoms with Gasteiger partial charge in [0, 0.05) is 16.8 Å². The predicted octanol–water partition coefficient (Wildman–Crippen LogP) is 3.27. The van der Waals surface area contributed by atoms with Crippen LogP contribution in [-0.2, 0) is 11.3 Å². The standard InChI is InChI=1S/C20H20N6O2S2/c1-4-26-19(28)13-7-5-6-8-14(13)23-20(26)25-24-15(27)9-29-17-16-11(2)12(3)30-18(16)22-10-21-17/h5-8,10H,4,9H2,1-3H3,(H,23,25)(H,24,27). The summed E-state index contributed by atoms with van der Waals surface area (Å²) in [6.07, 6.45) is 1.52. The fraction of sp³-hybridized carbons (Fsp3) is 0.250. The molecule has 4 aromatic rings. The zero-order valence-corrected chi connectivity index (χ0v) is 18.4. The van der Waals surface area contributed by atoms with Crippen LogP contribution in [0.15, 0.2) is 40.4 Å². The van der Waals surface area contributed by atoms with Gasteiger partial charge in [-0.1, -0.05) is 23.9 Å². The molecule has 30 heavy (non-hydrogen) atoms. The van der Waals surface area contributed by atoms with Gasteiger partial charge in [-0.25, -0.2) is 15.0 Å². The van der Waals surface area contributed by atoms with Crippen molar-refractivity contribution < 1.29 is 4.79 Å². The number of fused-ring (bicyclic) bond motifs is 2. The zero-order chi connectivity index (χ0) is 21.3. The number of nitrogens with one attached hydrogen (secondary N) is 2. The van der Waals surface area contributed by atoms with Crippen LogP contribution >= 0.6 is 23.1 Å². The first-order valence-electron chi connectivity index (χ1n) is 9.37. The highest BCUT2D eigenvalue weighted by molar-refractivity contribution is 8.00. The molecule has 0 aliphatic carbocycles. The van der Waals surface area contributed by atoms with E-state index in [1.165, 1.54) is 27.5 Å². The summed E-state index contributed by atoms with van der Waals surface area (Å²) in [6.45, 7) is 6.38. The van der Waals surface area contributed by atoms with E-state index >= 15 is 0 Å². The van der Waals surface area contributed by atoms with Crippen molar-refractivity contribution in [2.75, 3.05) is 11.2 Å². The summed E-state index contributed by atoms with van der Waals surface area (Å²) in [5, 5.41) is 2.33. The number of nitrogens with zero attached hydrogens (tertiary/aromatic N) is 4. The Morgan fingerprint density at radius 2 is 2.03 bits per heavy atom. The summed E-state index contributed by atoms with van der Waals surface area (Å²) in [7, 11) is 0. The van der Waals surface area contributed by atoms with Crippen LogP contribution in [0.2, 0.25) is 0 Å². The first kappa shape index (κ1) is 20.3. The second-order valence-electron chi connectivity index (χ2n) is 6.61. The van der Waals surface area contributed by atoms with Crippen molar-refractivity contribution in [3.8, 4) is 0 Å². The molecule has 3 aromatic heterocycles. The molecule has 1 amide bonds. The van der Waals surface area contributed by atoms with E-state index in [2.05, 4.69) is 32.7 Å². The van der Waals surface area contributed by atoms with Crippen LogP contribution < -0.4 is 16.4 Å². The average molecular weight is 441 g/mol. The van der Waals surface area contributed by atoms with E-state index in [9.17, 15) is 9.59 Å². The van der Waals surface area contributed by atoms with Crippen molar-refractivity contribution in [3.63, 3.8) is 0 Å². The Hall–Kier alpha value is -2.98. The number of benzene rings is 1. The maximum absolute atomic E-state index is 12.6. The average Bonchev–Trinajstić information content (AvgIpc) is 3.05. The van der Waals surface area contributed by atoms with E-state index in [0.29, 0.717) is 23.4 Å². The Kier molecular flexibility index (Phi) is 5.69. The number of amides is 1. The molecular formula is C20H20N6O2S2. The Bertz CT molecular complexity index is 1310. The van der Waals surface area contributed by atoms with Crippen molar-refractivity contribution in [3.05, 3.63) is 51.4 Å². The molecule has 1 aromatic carbocycles. The largest absolute Gasteiger partial charge is 0.277 e. The van der Waals surface area contributed by atoms with E-state index < -0.39 is 0 Å². The van der Waals surface area contributed by atoms with Crippen LogP contribution in [-0.4, -0.2) is 31.2 Å². The van der Waals surface area contributed by atoms with Crippen molar-refractivity contribution in [2.45, 2.75) is 32.3 Å². The maximum atomic E-state index is 12.6. The van der Waals surface area contributed by atoms with Gasteiger partial charge in [0.2, 0.25) is 11.9 Å². The van der Waals surface area contributed by atoms with Crippen molar-refractivity contribution in [1.29, 1.82) is 0 Å². The molecule has 0 fully saturated rings. The number of thiophene rings is 1. The third-order valence-corrected chi connectivity index (χ3v) is 6.87. The van der Waals surface area contributed by atoms with E-state index in [-0.39, 0.29) is 17.2 Å². The monoisotopic (exact) mass is 440 g/mol. The molecule has 0 aliphatic heterocycles. The van der Waals surface area contributed by atoms with Crippen LogP contribution in [0, 0.1) is 13.8 Å². The molecule has 0 unspecified atom stereocenters. The molecule has 2 N–H and O–H groups in total. The number of carbonyl (C=O) groups is 1. The number of carbonyl (C=O) groups excluding carboxylic acids is 1. The number of anilines is 1. The van der Waals surface area contributed by atoms with Crippen LogP contribution in [0.4, 0.5) is 5.95 Å². The Morgan fingerprint density at radius 3 is 2.83 bits per heavy atom. The van der Waals surface area contributed by atoms with Gasteiger partial charge in [-0.3, -0.25) is 25.0 Å². The fourth-order valence-corrected chi connectivity index (χ4v) is 5.03. The van der Waals surface area contributed by atoms with E-state index in [4.69, 9.17) is 0 Å². The first-order chi connectivity index (χ1) is 14.5. The highest BCUT2D eigenvalue weighted by atomic mass is 32.2. The van der Waals surface area contributed by atoms with Gasteiger partial charge in [0.25, 0.3) is 5.56 Å². The van der Waals surface area contributed by atoms with E-state index in [1.54, 1.807) is 29.5 Å². The first-order valence-corrected chi connectivity index (χ1v) is 11.2. The summed E-state index contributed by atoms with van der Waals surface area (Å²) in [6, 6.07) is 7.14. The molecule has 10 heteroatoms. The van der Waals surface area contributed by atoms with Gasteiger partial charge in [-0.15, -0.1) is 11.3 Å². The molecule has 0 radical (unpaired) electrons. The third-order valence-electron chi connectivity index (χ3n) is 4.76. The van der Waals surface area contributed by atoms with Gasteiger partial charge in [0.05, 0.1) is 16.7 Å². The number of hydrogen-bond acceptors (Lipinski definition) is 8. The molecule has 8 nitrogen and oxygen atoms in total. The minimum atomic E-state index is -0.249. The minimum absolute atomic E-state index is 0.152. The van der Waals surface area contributed by atoms with Crippen LogP contribution in [0.3, 0.4) is 0 Å². The number of aryl methyl sites for hydroxylation is 2. The molecule has 0 atom stereocenters. The molecular weight excluding hydrogens is 420 g/mol. The van der Waals surface area contributed by atoms with Gasteiger partial charge < -0.3 is 0 Å². The Labute approximate surface area is 180 Å². The molecule has 0 aliphatic rings. The lowest BCUT2D eigenvalue weighted by molar-refractivity contribution is -0.118. The summed E-state index contributed by atoms with van der Waals surface area (Å²) in [5.74, 6) is 0.215. The molecule has 3 heterocycles. The lowest BCUT2D eigenvalue weighted by atomic mass is 10.2. The molecule has 4 rings (SSSR count). The summed E-state index contributed by atoms with van der Waals surface area (Å²) in [4.78, 5) is 40.3. The van der Waals surface area contributed by atoms with E-state index in [1.807, 2.05) is 19.9 Å². The summed E-state index contributed by atoms with van der Waals surface area (Å²) in [5.41, 5.74) is 6.99. The number of hydrazine groups is 1. The highest BCUT2D eigenvalue weighted by Crippen LogP contribution is 2.34. The number of rotatable bonds is 6. The molecule has 0 saturated heterocycles. The normalized spacial score (nSPS) is 11.2. The van der Waals surface area contributed by atoms with Crippen molar-refractivity contribution in [1.82, 2.24) is 24.9 Å². The van der Waals surface area contributed by atoms with Crippen molar-refractivity contribution >= 4 is 56.1 Å². The molecule has 154 valence electrons. The second-order valence-corrected chi connectivity index (χ2v) is 8.77. The molecule has 0 saturated carbocycles. The Balaban J connectivity index is 1.48. The summed E-state index contributed by atoms with van der Waals surface area (Å²) >= 11 is 2.97. The Morgan fingerprint density at radius 1 is 1.23 bits per heavy atom. The number of thioether (sulfide) groups is 1. The van der Waals surface area contributed by atoms with Gasteiger partial charge in [-0.05, 0) is 38.5 Å². The minimum Gasteiger partial charge on any atom is -0.277 e.